The molecule has 1 aromatic heterocycles. The van der Waals surface area contributed by atoms with E-state index in [1.807, 2.05) is 35.4 Å². The van der Waals surface area contributed by atoms with Crippen LogP contribution in [-0.4, -0.2) is 51.8 Å². The summed E-state index contributed by atoms with van der Waals surface area (Å²) in [5, 5.41) is 2.01. The van der Waals surface area contributed by atoms with Crippen LogP contribution in [0.25, 0.3) is 0 Å². The van der Waals surface area contributed by atoms with Gasteiger partial charge in [0.1, 0.15) is 5.82 Å². The summed E-state index contributed by atoms with van der Waals surface area (Å²) >= 11 is 1.63. The third kappa shape index (κ3) is 4.62. The Labute approximate surface area is 158 Å². The predicted molar refractivity (Wildman–Crippen MR) is 105 cm³/mol. The SMILES string of the molecule is C[C@@H](NS(C)(=O)=O)[C@H](c1cccs1)N1CCN(c2ccccc2F)CC1. The summed E-state index contributed by atoms with van der Waals surface area (Å²) in [6, 6.07) is 10.6. The molecule has 26 heavy (non-hydrogen) atoms. The van der Waals surface area contributed by atoms with Crippen molar-refractivity contribution >= 4 is 27.0 Å². The van der Waals surface area contributed by atoms with E-state index >= 15 is 0 Å². The third-order valence-corrected chi connectivity index (χ3v) is 6.35. The van der Waals surface area contributed by atoms with Crippen LogP contribution in [0.15, 0.2) is 41.8 Å². The van der Waals surface area contributed by atoms with Crippen LogP contribution in [0.2, 0.25) is 0 Å². The van der Waals surface area contributed by atoms with Crippen molar-refractivity contribution in [1.29, 1.82) is 0 Å². The lowest BCUT2D eigenvalue weighted by Gasteiger charge is -2.42. The van der Waals surface area contributed by atoms with Crippen LogP contribution >= 0.6 is 11.3 Å². The maximum absolute atomic E-state index is 14.0. The summed E-state index contributed by atoms with van der Waals surface area (Å²) < 4.78 is 40.2. The van der Waals surface area contributed by atoms with E-state index in [0.717, 1.165) is 18.0 Å². The maximum Gasteiger partial charge on any atom is 0.209 e. The van der Waals surface area contributed by atoms with Gasteiger partial charge in [0.15, 0.2) is 0 Å². The minimum Gasteiger partial charge on any atom is -0.367 e. The normalized spacial score (nSPS) is 18.7. The number of benzene rings is 1. The van der Waals surface area contributed by atoms with Gasteiger partial charge in [0, 0.05) is 37.1 Å². The number of sulfonamides is 1. The van der Waals surface area contributed by atoms with Crippen LogP contribution in [0, 0.1) is 5.82 Å². The highest BCUT2D eigenvalue weighted by atomic mass is 32.2. The molecule has 142 valence electrons. The molecule has 2 atom stereocenters. The van der Waals surface area contributed by atoms with E-state index in [1.54, 1.807) is 23.5 Å². The van der Waals surface area contributed by atoms with Gasteiger partial charge in [0.05, 0.1) is 18.0 Å². The lowest BCUT2D eigenvalue weighted by atomic mass is 10.1. The van der Waals surface area contributed by atoms with Gasteiger partial charge < -0.3 is 4.90 Å². The highest BCUT2D eigenvalue weighted by Crippen LogP contribution is 2.30. The number of para-hydroxylation sites is 1. The highest BCUT2D eigenvalue weighted by molar-refractivity contribution is 7.88. The zero-order valence-corrected chi connectivity index (χ0v) is 16.6. The van der Waals surface area contributed by atoms with Crippen LogP contribution in [-0.2, 0) is 10.0 Å². The summed E-state index contributed by atoms with van der Waals surface area (Å²) in [5.74, 6) is -0.206. The Bertz CT molecular complexity index is 819. The molecule has 1 fully saturated rings. The molecule has 0 radical (unpaired) electrons. The second kappa shape index (κ2) is 8.04. The van der Waals surface area contributed by atoms with Crippen molar-refractivity contribution in [3.8, 4) is 0 Å². The van der Waals surface area contributed by atoms with Gasteiger partial charge in [-0.15, -0.1) is 11.3 Å². The zero-order valence-electron chi connectivity index (χ0n) is 14.9. The second-order valence-electron chi connectivity index (χ2n) is 6.61. The number of nitrogens with zero attached hydrogens (tertiary/aromatic N) is 2. The Hall–Kier alpha value is -1.48. The standard InChI is InChI=1S/C18H24FN3O2S2/c1-14(20-26(2,23)24)18(17-8-5-13-25-17)22-11-9-21(10-12-22)16-7-4-3-6-15(16)19/h3-8,13-14,18,20H,9-12H2,1-2H3/t14-,18-/m1/s1. The minimum atomic E-state index is -3.29. The molecule has 8 heteroatoms. The van der Waals surface area contributed by atoms with Crippen molar-refractivity contribution < 1.29 is 12.8 Å². The number of piperazine rings is 1. The van der Waals surface area contributed by atoms with Gasteiger partial charge in [-0.2, -0.15) is 0 Å². The van der Waals surface area contributed by atoms with Gasteiger partial charge in [0.25, 0.3) is 0 Å². The first-order valence-electron chi connectivity index (χ1n) is 8.59. The number of halogens is 1. The Morgan fingerprint density at radius 2 is 1.81 bits per heavy atom. The molecular formula is C18H24FN3O2S2. The molecule has 0 spiro atoms. The van der Waals surface area contributed by atoms with Crippen LogP contribution < -0.4 is 9.62 Å². The Morgan fingerprint density at radius 1 is 1.12 bits per heavy atom. The van der Waals surface area contributed by atoms with E-state index < -0.39 is 10.0 Å². The van der Waals surface area contributed by atoms with Gasteiger partial charge in [-0.1, -0.05) is 18.2 Å². The largest absolute Gasteiger partial charge is 0.367 e. The van der Waals surface area contributed by atoms with Crippen LogP contribution in [0.5, 0.6) is 0 Å². The van der Waals surface area contributed by atoms with Crippen molar-refractivity contribution in [2.24, 2.45) is 0 Å². The number of anilines is 1. The molecule has 1 saturated heterocycles. The first-order chi connectivity index (χ1) is 12.3. The molecule has 0 unspecified atom stereocenters. The third-order valence-electron chi connectivity index (χ3n) is 4.61. The molecule has 1 aromatic carbocycles. The molecule has 0 amide bonds. The van der Waals surface area contributed by atoms with Crippen molar-refractivity contribution in [1.82, 2.24) is 9.62 Å². The van der Waals surface area contributed by atoms with Crippen LogP contribution in [0.1, 0.15) is 17.8 Å². The molecule has 3 rings (SSSR count). The molecular weight excluding hydrogens is 373 g/mol. The Kier molecular flexibility index (Phi) is 5.96. The van der Waals surface area contributed by atoms with E-state index in [1.165, 1.54) is 12.3 Å². The van der Waals surface area contributed by atoms with Gasteiger partial charge in [-0.05, 0) is 30.5 Å². The van der Waals surface area contributed by atoms with Gasteiger partial charge in [-0.3, -0.25) is 4.90 Å². The number of rotatable bonds is 6. The van der Waals surface area contributed by atoms with Crippen molar-refractivity contribution in [3.05, 3.63) is 52.5 Å². The summed E-state index contributed by atoms with van der Waals surface area (Å²) in [4.78, 5) is 5.46. The fourth-order valence-corrected chi connectivity index (χ4v) is 5.32. The first kappa shape index (κ1) is 19.3. The molecule has 1 aliphatic heterocycles. The average molecular weight is 398 g/mol. The van der Waals surface area contributed by atoms with E-state index in [0.29, 0.717) is 18.8 Å². The smallest absolute Gasteiger partial charge is 0.209 e. The molecule has 1 aliphatic rings. The van der Waals surface area contributed by atoms with Gasteiger partial charge >= 0.3 is 0 Å². The Morgan fingerprint density at radius 3 is 2.38 bits per heavy atom. The summed E-state index contributed by atoms with van der Waals surface area (Å²) in [6.07, 6.45) is 1.19. The van der Waals surface area contributed by atoms with Gasteiger partial charge in [-0.25, -0.2) is 17.5 Å². The molecule has 2 aromatic rings. The zero-order chi connectivity index (χ0) is 18.7. The minimum absolute atomic E-state index is 0.0347. The van der Waals surface area contributed by atoms with E-state index in [2.05, 4.69) is 9.62 Å². The fraction of sp³-hybridized carbons (Fsp3) is 0.444. The van der Waals surface area contributed by atoms with Crippen LogP contribution in [0.4, 0.5) is 10.1 Å². The van der Waals surface area contributed by atoms with Crippen molar-refractivity contribution in [3.63, 3.8) is 0 Å². The number of hydrogen-bond acceptors (Lipinski definition) is 5. The quantitative estimate of drug-likeness (QED) is 0.814. The molecule has 0 bridgehead atoms. The Balaban J connectivity index is 1.74. The highest BCUT2D eigenvalue weighted by Gasteiger charge is 2.31. The monoisotopic (exact) mass is 397 g/mol. The number of thiophene rings is 1. The first-order valence-corrected chi connectivity index (χ1v) is 11.4. The van der Waals surface area contributed by atoms with E-state index in [9.17, 15) is 12.8 Å². The summed E-state index contributed by atoms with van der Waals surface area (Å²) in [5.41, 5.74) is 0.627. The van der Waals surface area contributed by atoms with Crippen molar-refractivity contribution in [2.45, 2.75) is 19.0 Å². The molecule has 0 saturated carbocycles. The molecule has 2 heterocycles. The summed E-state index contributed by atoms with van der Waals surface area (Å²) in [7, 11) is -3.29. The average Bonchev–Trinajstić information content (AvgIpc) is 3.09. The number of nitrogens with one attached hydrogen (secondary N) is 1. The van der Waals surface area contributed by atoms with Crippen molar-refractivity contribution in [2.75, 3.05) is 37.3 Å². The van der Waals surface area contributed by atoms with Gasteiger partial charge in [0.2, 0.25) is 10.0 Å². The molecule has 5 nitrogen and oxygen atoms in total. The topological polar surface area (TPSA) is 52.7 Å². The maximum atomic E-state index is 14.0. The second-order valence-corrected chi connectivity index (χ2v) is 9.37. The number of hydrogen-bond donors (Lipinski definition) is 1. The molecule has 0 aliphatic carbocycles. The van der Waals surface area contributed by atoms with Crippen LogP contribution in [0.3, 0.4) is 0 Å². The van der Waals surface area contributed by atoms with E-state index in [-0.39, 0.29) is 17.9 Å². The van der Waals surface area contributed by atoms with E-state index in [4.69, 9.17) is 0 Å². The lowest BCUT2D eigenvalue weighted by Crippen LogP contribution is -2.52. The summed E-state index contributed by atoms with van der Waals surface area (Å²) in [6.45, 7) is 4.79. The lowest BCUT2D eigenvalue weighted by molar-refractivity contribution is 0.164. The fourth-order valence-electron chi connectivity index (χ4n) is 3.55. The predicted octanol–water partition coefficient (Wildman–Crippen LogP) is 2.69. The molecule has 1 N–H and O–H groups in total.